The number of aromatic hydroxyl groups is 1. The molecule has 0 saturated carbocycles. The van der Waals surface area contributed by atoms with Crippen molar-refractivity contribution in [2.45, 2.75) is 19.7 Å². The van der Waals surface area contributed by atoms with Gasteiger partial charge in [0.15, 0.2) is 11.6 Å². The Labute approximate surface area is 155 Å². The molecule has 145 valence electrons. The number of benzene rings is 2. The van der Waals surface area contributed by atoms with Crippen molar-refractivity contribution in [3.63, 3.8) is 0 Å². The van der Waals surface area contributed by atoms with Gasteiger partial charge in [-0.3, -0.25) is 14.2 Å². The highest BCUT2D eigenvalue weighted by molar-refractivity contribution is 6.04. The normalized spacial score (nSPS) is 11.6. The molecule has 0 aliphatic heterocycles. The first-order valence-corrected chi connectivity index (χ1v) is 7.90. The first kappa shape index (κ1) is 19.4. The number of ether oxygens (including phenoxy) is 1. The number of fused-ring (bicyclic) bond motifs is 1. The summed E-state index contributed by atoms with van der Waals surface area (Å²) >= 11 is 0. The summed E-state index contributed by atoms with van der Waals surface area (Å²) in [6.07, 6.45) is -3.35. The molecule has 1 radical (unpaired) electrons. The Kier molecular flexibility index (Phi) is 4.84. The second kappa shape index (κ2) is 6.99. The zero-order valence-electron chi connectivity index (χ0n) is 14.3. The summed E-state index contributed by atoms with van der Waals surface area (Å²) in [7, 11) is 0. The third-order valence-corrected chi connectivity index (χ3v) is 4.19. The van der Waals surface area contributed by atoms with Gasteiger partial charge in [-0.2, -0.15) is 0 Å². The molecule has 5 nitrogen and oxygen atoms in total. The number of hydrogen-bond donors (Lipinski definition) is 1. The molecular weight excluding hydrogens is 382 g/mol. The molecule has 0 spiro atoms. The number of carbonyl (C=O) groups is 1. The minimum atomic E-state index is -4.86. The topological polar surface area (TPSA) is 68.5 Å². The lowest BCUT2D eigenvalue weighted by atomic mass is 10.1. The van der Waals surface area contributed by atoms with Crippen molar-refractivity contribution < 1.29 is 37.0 Å². The average Bonchev–Trinajstić information content (AvgIpc) is 2.86. The monoisotopic (exact) mass is 394 g/mol. The zero-order chi connectivity index (χ0) is 20.6. The van der Waals surface area contributed by atoms with E-state index >= 15 is 0 Å². The third-order valence-electron chi connectivity index (χ3n) is 4.19. The van der Waals surface area contributed by atoms with E-state index in [1.807, 2.05) is 0 Å². The molecule has 0 fully saturated rings. The van der Waals surface area contributed by atoms with Crippen LogP contribution in [0.5, 0.6) is 11.5 Å². The molecule has 0 saturated heterocycles. The van der Waals surface area contributed by atoms with E-state index in [4.69, 9.17) is 0 Å². The molecule has 1 aromatic heterocycles. The van der Waals surface area contributed by atoms with E-state index in [9.17, 15) is 32.3 Å². The van der Waals surface area contributed by atoms with E-state index in [2.05, 4.69) is 4.74 Å². The molecule has 28 heavy (non-hydrogen) atoms. The number of aromatic nitrogens is 1. The zero-order valence-corrected chi connectivity index (χ0v) is 14.3. The molecule has 0 atom stereocenters. The Bertz CT molecular complexity index is 1070. The molecule has 1 heterocycles. The largest absolute Gasteiger partial charge is 0.573 e. The fourth-order valence-electron chi connectivity index (χ4n) is 2.97. The number of carbonyl (C=O) groups excluding carboxylic acids is 2. The van der Waals surface area contributed by atoms with Crippen molar-refractivity contribution in [1.82, 2.24) is 4.57 Å². The van der Waals surface area contributed by atoms with Gasteiger partial charge >= 0.3 is 6.36 Å². The second-order valence-electron chi connectivity index (χ2n) is 5.92. The summed E-state index contributed by atoms with van der Waals surface area (Å²) < 4.78 is 55.5. The maximum Gasteiger partial charge on any atom is 0.573 e. The van der Waals surface area contributed by atoms with Crippen LogP contribution in [0.3, 0.4) is 0 Å². The molecule has 0 unspecified atom stereocenters. The lowest BCUT2D eigenvalue weighted by Crippen LogP contribution is -2.17. The molecule has 9 heteroatoms. The van der Waals surface area contributed by atoms with Crippen molar-refractivity contribution in [3.8, 4) is 11.5 Å². The van der Waals surface area contributed by atoms with Gasteiger partial charge in [0.2, 0.25) is 6.29 Å². The third kappa shape index (κ3) is 3.55. The number of phenolic OH excluding ortho intramolecular Hbond substituents is 1. The summed E-state index contributed by atoms with van der Waals surface area (Å²) in [5.74, 6) is -2.75. The summed E-state index contributed by atoms with van der Waals surface area (Å²) in [5.41, 5.74) is 0.831. The Morgan fingerprint density at radius 1 is 1.21 bits per heavy atom. The van der Waals surface area contributed by atoms with Crippen molar-refractivity contribution in [2.24, 2.45) is 0 Å². The maximum absolute atomic E-state index is 13.9. The maximum atomic E-state index is 13.9. The van der Waals surface area contributed by atoms with Gasteiger partial charge < -0.3 is 9.84 Å². The SMILES string of the molecule is Cc1c(C[C]=O)c2cc(O)c(F)cc2n1C(=O)c1ccc(OC(F)(F)F)cc1. The van der Waals surface area contributed by atoms with Gasteiger partial charge in [-0.1, -0.05) is 0 Å². The Hall–Kier alpha value is -3.36. The highest BCUT2D eigenvalue weighted by atomic mass is 19.4. The number of rotatable bonds is 4. The predicted octanol–water partition coefficient (Wildman–Crippen LogP) is 4.03. The van der Waals surface area contributed by atoms with Gasteiger partial charge in [0.05, 0.1) is 5.52 Å². The number of halogens is 4. The van der Waals surface area contributed by atoms with Crippen molar-refractivity contribution >= 4 is 23.1 Å². The first-order valence-electron chi connectivity index (χ1n) is 7.90. The first-order chi connectivity index (χ1) is 13.1. The summed E-state index contributed by atoms with van der Waals surface area (Å²) in [6, 6.07) is 6.29. The van der Waals surface area contributed by atoms with Crippen LogP contribution in [0.15, 0.2) is 36.4 Å². The molecule has 0 aliphatic carbocycles. The molecule has 0 amide bonds. The highest BCUT2D eigenvalue weighted by Crippen LogP contribution is 2.32. The standard InChI is InChI=1S/C19H12F4NO4/c1-10-13(6-7-25)14-8-17(26)15(20)9-16(14)24(10)18(27)11-2-4-12(5-3-11)28-19(21,22)23/h2-5,8-9,26H,6H2,1H3. The number of alkyl halides is 3. The van der Waals surface area contributed by atoms with E-state index in [0.717, 1.165) is 41.0 Å². The van der Waals surface area contributed by atoms with Gasteiger partial charge in [0.1, 0.15) is 5.75 Å². The van der Waals surface area contributed by atoms with Crippen LogP contribution in [-0.2, 0) is 11.2 Å². The van der Waals surface area contributed by atoms with Crippen LogP contribution in [0.1, 0.15) is 21.6 Å². The Morgan fingerprint density at radius 3 is 2.43 bits per heavy atom. The van der Waals surface area contributed by atoms with Crippen LogP contribution in [0.25, 0.3) is 10.9 Å². The minimum absolute atomic E-state index is 0.0182. The lowest BCUT2D eigenvalue weighted by molar-refractivity contribution is -0.274. The smallest absolute Gasteiger partial charge is 0.505 e. The fraction of sp³-hybridized carbons (Fsp3) is 0.158. The molecule has 0 bridgehead atoms. The predicted molar refractivity (Wildman–Crippen MR) is 90.5 cm³/mol. The second-order valence-corrected chi connectivity index (χ2v) is 5.92. The van der Waals surface area contributed by atoms with Crippen LogP contribution in [-0.4, -0.2) is 28.2 Å². The van der Waals surface area contributed by atoms with E-state index in [1.54, 1.807) is 6.29 Å². The van der Waals surface area contributed by atoms with Gasteiger partial charge in [-0.25, -0.2) is 4.39 Å². The quantitative estimate of drug-likeness (QED) is 0.679. The Balaban J connectivity index is 2.10. The summed E-state index contributed by atoms with van der Waals surface area (Å²) in [4.78, 5) is 23.8. The Morgan fingerprint density at radius 2 is 1.86 bits per heavy atom. The van der Waals surface area contributed by atoms with Gasteiger partial charge in [0, 0.05) is 29.1 Å². The number of nitrogens with zero attached hydrogens (tertiary/aromatic N) is 1. The highest BCUT2D eigenvalue weighted by Gasteiger charge is 2.31. The van der Waals surface area contributed by atoms with Crippen molar-refractivity contribution in [3.05, 3.63) is 59.0 Å². The average molecular weight is 394 g/mol. The summed E-state index contributed by atoms with van der Waals surface area (Å²) in [5, 5.41) is 9.91. The van der Waals surface area contributed by atoms with E-state index < -0.39 is 29.6 Å². The van der Waals surface area contributed by atoms with E-state index in [1.165, 1.54) is 6.92 Å². The van der Waals surface area contributed by atoms with Gasteiger partial charge in [-0.05, 0) is 42.8 Å². The molecule has 1 N–H and O–H groups in total. The summed E-state index contributed by atoms with van der Waals surface area (Å²) in [6.45, 7) is 1.53. The molecular formula is C19H12F4NO4. The van der Waals surface area contributed by atoms with Crippen LogP contribution >= 0.6 is 0 Å². The van der Waals surface area contributed by atoms with Gasteiger partial charge in [-0.15, -0.1) is 13.2 Å². The minimum Gasteiger partial charge on any atom is -0.505 e. The van der Waals surface area contributed by atoms with Crippen molar-refractivity contribution in [1.29, 1.82) is 0 Å². The van der Waals surface area contributed by atoms with Crippen molar-refractivity contribution in [2.75, 3.05) is 0 Å². The molecule has 3 aromatic rings. The number of phenols is 1. The van der Waals surface area contributed by atoms with E-state index in [-0.39, 0.29) is 17.5 Å². The van der Waals surface area contributed by atoms with Crippen LogP contribution in [0, 0.1) is 12.7 Å². The fourth-order valence-corrected chi connectivity index (χ4v) is 2.97. The van der Waals surface area contributed by atoms with Crippen LogP contribution in [0.4, 0.5) is 17.6 Å². The lowest BCUT2D eigenvalue weighted by Gasteiger charge is -2.10. The van der Waals surface area contributed by atoms with Gasteiger partial charge in [0.25, 0.3) is 5.91 Å². The van der Waals surface area contributed by atoms with E-state index in [0.29, 0.717) is 16.6 Å². The van der Waals surface area contributed by atoms with Crippen LogP contribution < -0.4 is 4.74 Å². The van der Waals surface area contributed by atoms with Crippen LogP contribution in [0.2, 0.25) is 0 Å². The molecule has 3 rings (SSSR count). The number of hydrogen-bond acceptors (Lipinski definition) is 4. The molecule has 2 aromatic carbocycles. The molecule has 0 aliphatic rings.